The Kier molecular flexibility index (Phi) is 10.2. The molecule has 0 aliphatic rings. The molecule has 0 fully saturated rings. The second kappa shape index (κ2) is 15.6. The van der Waals surface area contributed by atoms with Crippen LogP contribution in [-0.4, -0.2) is 9.97 Å². The number of rotatable bonds is 6. The van der Waals surface area contributed by atoms with Gasteiger partial charge in [-0.2, -0.15) is 0 Å². The summed E-state index contributed by atoms with van der Waals surface area (Å²) in [4.78, 5) is 8.88. The van der Waals surface area contributed by atoms with Crippen LogP contribution in [0.1, 0.15) is 54.1 Å². The minimum Gasteiger partial charge on any atom is -0.500 e. The third-order valence-electron chi connectivity index (χ3n) is 9.04. The molecule has 4 heteroatoms. The van der Waals surface area contributed by atoms with E-state index in [2.05, 4.69) is 109 Å². The Morgan fingerprint density at radius 1 is 0.577 bits per heavy atom. The van der Waals surface area contributed by atoms with Gasteiger partial charge in [0, 0.05) is 40.6 Å². The van der Waals surface area contributed by atoms with E-state index in [4.69, 9.17) is 7.16 Å². The summed E-state index contributed by atoms with van der Waals surface area (Å²) in [6.07, 6.45) is 2.00. The van der Waals surface area contributed by atoms with E-state index in [1.807, 2.05) is 87.6 Å². The molecule has 0 N–H and O–H groups in total. The Hall–Kier alpha value is -5.15. The molecule has 0 saturated heterocycles. The largest absolute Gasteiger partial charge is 0.500 e. The van der Waals surface area contributed by atoms with E-state index in [1.165, 1.54) is 11.1 Å². The van der Waals surface area contributed by atoms with Gasteiger partial charge in [0.2, 0.25) is 0 Å². The number of nitrogens with zero attached hydrogens (tertiary/aromatic N) is 2. The van der Waals surface area contributed by atoms with Gasteiger partial charge in [-0.25, -0.2) is 0 Å². The standard InChI is InChI=1S/C28H24NO.C20H18N.Ir/c1-28(2,3)18-19-13-14-29-25(15-19)22-10-12-27-24(17-22)23-16-21(9-11-26(23)30-27)20-7-5-4-6-8-20;1-20(2,17-8-4-3-5-9-17)18-13-11-16(12-14-18)19-10-6-7-15-21-19;/h4-9,11-17H,18H2,1-3H3;3-11,13-15H,1-2H3;/q2*-1;/i18D2;;. The van der Waals surface area contributed by atoms with Crippen LogP contribution in [0, 0.1) is 17.5 Å². The number of hydrogen-bond donors (Lipinski definition) is 0. The summed E-state index contributed by atoms with van der Waals surface area (Å²) in [7, 11) is 0. The van der Waals surface area contributed by atoms with Gasteiger partial charge < -0.3 is 14.4 Å². The molecule has 8 rings (SSSR count). The van der Waals surface area contributed by atoms with E-state index in [0.717, 1.165) is 49.9 Å². The number of pyridine rings is 2. The second-order valence-corrected chi connectivity index (χ2v) is 14.3. The van der Waals surface area contributed by atoms with Crippen molar-refractivity contribution >= 4 is 21.9 Å². The molecule has 0 aliphatic heterocycles. The van der Waals surface area contributed by atoms with Gasteiger partial charge in [0.25, 0.3) is 0 Å². The Morgan fingerprint density at radius 3 is 1.96 bits per heavy atom. The third kappa shape index (κ3) is 8.31. The van der Waals surface area contributed by atoms with Gasteiger partial charge in [-0.05, 0) is 69.5 Å². The summed E-state index contributed by atoms with van der Waals surface area (Å²) < 4.78 is 23.3. The van der Waals surface area contributed by atoms with Crippen LogP contribution in [0.2, 0.25) is 0 Å². The Balaban J connectivity index is 0.000000197. The van der Waals surface area contributed by atoms with Gasteiger partial charge >= 0.3 is 0 Å². The van der Waals surface area contributed by atoms with E-state index in [0.29, 0.717) is 11.3 Å². The molecular weight excluding hydrogens is 813 g/mol. The zero-order valence-corrected chi connectivity index (χ0v) is 32.5. The molecule has 3 nitrogen and oxygen atoms in total. The van der Waals surface area contributed by atoms with Crippen molar-refractivity contribution in [3.63, 3.8) is 0 Å². The molecule has 0 unspecified atom stereocenters. The Labute approximate surface area is 324 Å². The fourth-order valence-corrected chi connectivity index (χ4v) is 6.28. The SMILES string of the molecule is CC(C)(c1c[c-]c(-c2ccccn2)cc1)c1ccccc1.[2H]C([2H])(c1ccnc(-c2[c-]cc3oc4ccc(-c5ccccc5)cc4c3c2)c1)C(C)(C)C.[Ir]. The minimum atomic E-state index is -1.48. The second-order valence-electron chi connectivity index (χ2n) is 14.3. The van der Waals surface area contributed by atoms with Crippen molar-refractivity contribution in [2.45, 2.75) is 46.4 Å². The van der Waals surface area contributed by atoms with Crippen LogP contribution in [0.4, 0.5) is 0 Å². The van der Waals surface area contributed by atoms with Crippen LogP contribution in [0.5, 0.6) is 0 Å². The van der Waals surface area contributed by atoms with Gasteiger partial charge in [0.15, 0.2) is 0 Å². The summed E-state index contributed by atoms with van der Waals surface area (Å²) in [6.45, 7) is 10.2. The fourth-order valence-electron chi connectivity index (χ4n) is 6.28. The van der Waals surface area contributed by atoms with Crippen molar-refractivity contribution in [3.8, 4) is 33.6 Å². The van der Waals surface area contributed by atoms with E-state index in [9.17, 15) is 0 Å². The number of aromatic nitrogens is 2. The van der Waals surface area contributed by atoms with E-state index < -0.39 is 11.8 Å². The van der Waals surface area contributed by atoms with Crippen molar-refractivity contribution in [2.24, 2.45) is 5.41 Å². The van der Waals surface area contributed by atoms with Gasteiger partial charge in [-0.3, -0.25) is 0 Å². The molecule has 0 saturated carbocycles. The van der Waals surface area contributed by atoms with Crippen molar-refractivity contribution < 1.29 is 27.3 Å². The molecule has 52 heavy (non-hydrogen) atoms. The van der Waals surface area contributed by atoms with Crippen molar-refractivity contribution in [1.82, 2.24) is 9.97 Å². The zero-order valence-electron chi connectivity index (χ0n) is 32.1. The molecule has 1 radical (unpaired) electrons. The zero-order chi connectivity index (χ0) is 37.2. The first kappa shape index (κ1) is 34.0. The Morgan fingerprint density at radius 2 is 1.27 bits per heavy atom. The van der Waals surface area contributed by atoms with Crippen molar-refractivity contribution in [1.29, 1.82) is 0 Å². The topological polar surface area (TPSA) is 38.9 Å². The van der Waals surface area contributed by atoms with Crippen LogP contribution < -0.4 is 0 Å². The first-order valence-electron chi connectivity index (χ1n) is 18.3. The smallest absolute Gasteiger partial charge is 0.121 e. The van der Waals surface area contributed by atoms with Crippen molar-refractivity contribution in [2.75, 3.05) is 0 Å². The molecule has 0 atom stereocenters. The van der Waals surface area contributed by atoms with E-state index in [1.54, 1.807) is 12.3 Å². The van der Waals surface area contributed by atoms with Gasteiger partial charge in [0.1, 0.15) is 5.58 Å². The predicted molar refractivity (Wildman–Crippen MR) is 211 cm³/mol. The summed E-state index contributed by atoms with van der Waals surface area (Å²) in [5.41, 5.74) is 10.0. The average Bonchev–Trinajstić information content (AvgIpc) is 3.56. The quantitative estimate of drug-likeness (QED) is 0.156. The van der Waals surface area contributed by atoms with Crippen LogP contribution in [-0.2, 0) is 31.9 Å². The van der Waals surface area contributed by atoms with Gasteiger partial charge in [-0.1, -0.05) is 130 Å². The maximum Gasteiger partial charge on any atom is 0.121 e. The van der Waals surface area contributed by atoms with Gasteiger partial charge in [0.05, 0.1) is 5.58 Å². The van der Waals surface area contributed by atoms with Crippen LogP contribution in [0.25, 0.3) is 55.6 Å². The molecule has 0 amide bonds. The summed E-state index contributed by atoms with van der Waals surface area (Å²) in [6, 6.07) is 53.5. The van der Waals surface area contributed by atoms with Crippen LogP contribution in [0.3, 0.4) is 0 Å². The molecule has 0 spiro atoms. The third-order valence-corrected chi connectivity index (χ3v) is 9.04. The van der Waals surface area contributed by atoms with Crippen LogP contribution >= 0.6 is 0 Å². The normalized spacial score (nSPS) is 12.3. The predicted octanol–water partition coefficient (Wildman–Crippen LogP) is 12.6. The summed E-state index contributed by atoms with van der Waals surface area (Å²) in [5, 5.41) is 2.04. The minimum absolute atomic E-state index is 0. The van der Waals surface area contributed by atoms with Crippen LogP contribution in [0.15, 0.2) is 156 Å². The fraction of sp³-hybridized carbons (Fsp3) is 0.167. The monoisotopic (exact) mass is 857 g/mol. The molecule has 3 aromatic heterocycles. The first-order valence-corrected chi connectivity index (χ1v) is 17.3. The number of furan rings is 1. The van der Waals surface area contributed by atoms with E-state index in [-0.39, 0.29) is 25.5 Å². The molecule has 0 bridgehead atoms. The van der Waals surface area contributed by atoms with Crippen molar-refractivity contribution in [3.05, 3.63) is 181 Å². The molecule has 5 aromatic carbocycles. The summed E-state index contributed by atoms with van der Waals surface area (Å²) >= 11 is 0. The molecule has 261 valence electrons. The number of benzene rings is 5. The maximum atomic E-state index is 8.61. The van der Waals surface area contributed by atoms with E-state index >= 15 is 0 Å². The summed E-state index contributed by atoms with van der Waals surface area (Å²) in [5.74, 6) is 0. The number of fused-ring (bicyclic) bond motifs is 3. The van der Waals surface area contributed by atoms with Gasteiger partial charge in [-0.15, -0.1) is 59.2 Å². The maximum absolute atomic E-state index is 8.61. The average molecular weight is 857 g/mol. The Bertz CT molecular complexity index is 2470. The molecule has 8 aromatic rings. The molecule has 0 aliphatic carbocycles. The first-order chi connectivity index (χ1) is 25.4. The number of hydrogen-bond acceptors (Lipinski definition) is 3. The molecular formula is C48H42IrN2O-2. The molecule has 3 heterocycles.